The van der Waals surface area contributed by atoms with Crippen LogP contribution < -0.4 is 0 Å². The van der Waals surface area contributed by atoms with Gasteiger partial charge in [-0.1, -0.05) is 17.7 Å². The largest absolute Gasteiger partial charge is 0.400 e. The van der Waals surface area contributed by atoms with Gasteiger partial charge in [0.1, 0.15) is 0 Å². The Labute approximate surface area is 125 Å². The molecule has 1 aromatic carbocycles. The molecule has 1 rings (SSSR count). The molecule has 0 fully saturated rings. The van der Waals surface area contributed by atoms with Crippen LogP contribution in [0.25, 0.3) is 0 Å². The van der Waals surface area contributed by atoms with E-state index in [1.165, 1.54) is 24.3 Å². The Bertz CT molecular complexity index is 713. The van der Waals surface area contributed by atoms with Gasteiger partial charge in [-0.2, -0.15) is 25.6 Å². The summed E-state index contributed by atoms with van der Waals surface area (Å²) in [7, 11) is -10.2. The highest BCUT2D eigenvalue weighted by Gasteiger charge is 2.52. The predicted molar refractivity (Wildman–Crippen MR) is 70.3 cm³/mol. The van der Waals surface area contributed by atoms with E-state index >= 15 is 0 Å². The lowest BCUT2D eigenvalue weighted by molar-refractivity contribution is -0.0108. The minimum absolute atomic E-state index is 0.255. The molecule has 0 spiro atoms. The molecular weight excluding hydrogens is 349 g/mol. The van der Waals surface area contributed by atoms with Gasteiger partial charge in [0.2, 0.25) is 0 Å². The maximum atomic E-state index is 13.1. The van der Waals surface area contributed by atoms with Crippen LogP contribution in [0.5, 0.6) is 0 Å². The lowest BCUT2D eigenvalue weighted by Crippen LogP contribution is -2.39. The zero-order chi connectivity index (χ0) is 17.2. The van der Waals surface area contributed by atoms with Gasteiger partial charge in [0, 0.05) is 6.42 Å². The van der Waals surface area contributed by atoms with Crippen LogP contribution in [0.4, 0.5) is 13.2 Å². The van der Waals surface area contributed by atoms with Crippen LogP contribution in [0.15, 0.2) is 29.2 Å². The molecule has 0 aliphatic rings. The molecule has 6 nitrogen and oxygen atoms in total. The molecule has 0 saturated carbocycles. The molecule has 1 atom stereocenters. The summed E-state index contributed by atoms with van der Waals surface area (Å²) >= 11 is 0. The molecule has 0 bridgehead atoms. The fraction of sp³-hybridized carbons (Fsp3) is 0.455. The molecule has 1 aromatic rings. The van der Waals surface area contributed by atoms with Gasteiger partial charge in [0.05, 0.1) is 11.5 Å². The summed E-state index contributed by atoms with van der Waals surface area (Å²) < 4.78 is 95.5. The van der Waals surface area contributed by atoms with Gasteiger partial charge in [-0.15, -0.1) is 0 Å². The van der Waals surface area contributed by atoms with E-state index < -0.39 is 44.7 Å². The van der Waals surface area contributed by atoms with Gasteiger partial charge in [0.15, 0.2) is 6.17 Å². The molecule has 0 saturated heterocycles. The van der Waals surface area contributed by atoms with Gasteiger partial charge < -0.3 is 0 Å². The molecule has 0 aliphatic heterocycles. The van der Waals surface area contributed by atoms with Crippen LogP contribution in [0, 0.1) is 6.92 Å². The number of rotatable bonds is 7. The van der Waals surface area contributed by atoms with Crippen molar-refractivity contribution in [3.8, 4) is 0 Å². The Morgan fingerprint density at radius 1 is 1.18 bits per heavy atom. The van der Waals surface area contributed by atoms with Crippen LogP contribution in [0.3, 0.4) is 0 Å². The molecule has 0 amide bonds. The molecule has 22 heavy (non-hydrogen) atoms. The number of hydrogen-bond donors (Lipinski definition) is 1. The molecule has 0 heterocycles. The first-order chi connectivity index (χ1) is 9.88. The van der Waals surface area contributed by atoms with E-state index in [2.05, 4.69) is 4.18 Å². The Morgan fingerprint density at radius 3 is 2.14 bits per heavy atom. The minimum Gasteiger partial charge on any atom is -0.281 e. The third-order valence-corrected chi connectivity index (χ3v) is 4.90. The van der Waals surface area contributed by atoms with Crippen LogP contribution in [0.2, 0.25) is 0 Å². The molecule has 0 radical (unpaired) electrons. The van der Waals surface area contributed by atoms with Crippen molar-refractivity contribution in [3.63, 3.8) is 0 Å². The predicted octanol–water partition coefficient (Wildman–Crippen LogP) is 1.91. The van der Waals surface area contributed by atoms with Crippen LogP contribution in [-0.4, -0.2) is 39.4 Å². The van der Waals surface area contributed by atoms with E-state index in [0.717, 1.165) is 5.56 Å². The Kier molecular flexibility index (Phi) is 5.60. The lowest BCUT2D eigenvalue weighted by atomic mass is 10.2. The van der Waals surface area contributed by atoms with Gasteiger partial charge in [-0.3, -0.25) is 8.74 Å². The van der Waals surface area contributed by atoms with Crippen LogP contribution in [0.1, 0.15) is 12.0 Å². The Hall–Kier alpha value is -1.17. The summed E-state index contributed by atoms with van der Waals surface area (Å²) in [6, 6.07) is 5.37. The van der Waals surface area contributed by atoms with Crippen LogP contribution >= 0.6 is 0 Å². The number of halogens is 3. The highest BCUT2D eigenvalue weighted by molar-refractivity contribution is 7.87. The summed E-state index contributed by atoms with van der Waals surface area (Å²) in [5.74, 6) is 0. The van der Waals surface area contributed by atoms with Crippen molar-refractivity contribution in [1.82, 2.24) is 0 Å². The first-order valence-corrected chi connectivity index (χ1v) is 8.68. The maximum absolute atomic E-state index is 13.1. The summed E-state index contributed by atoms with van der Waals surface area (Å²) in [6.45, 7) is 0.699. The average molecular weight is 362 g/mol. The zero-order valence-electron chi connectivity index (χ0n) is 11.2. The molecule has 0 aromatic heterocycles. The average Bonchev–Trinajstić information content (AvgIpc) is 2.37. The zero-order valence-corrected chi connectivity index (χ0v) is 12.9. The smallest absolute Gasteiger partial charge is 0.281 e. The second kappa shape index (κ2) is 6.52. The first kappa shape index (κ1) is 18.9. The van der Waals surface area contributed by atoms with E-state index in [9.17, 15) is 30.0 Å². The quantitative estimate of drug-likeness (QED) is 0.588. The highest BCUT2D eigenvalue weighted by atomic mass is 32.2. The van der Waals surface area contributed by atoms with E-state index in [0.29, 0.717) is 0 Å². The molecule has 1 N–H and O–H groups in total. The lowest BCUT2D eigenvalue weighted by Gasteiger charge is -2.17. The van der Waals surface area contributed by atoms with Crippen molar-refractivity contribution in [2.75, 3.05) is 6.61 Å². The summed E-state index contributed by atoms with van der Waals surface area (Å²) in [6.07, 6.45) is -4.55. The van der Waals surface area contributed by atoms with E-state index in [1.807, 2.05) is 0 Å². The summed E-state index contributed by atoms with van der Waals surface area (Å²) in [4.78, 5) is -0.255. The van der Waals surface area contributed by atoms with Crippen molar-refractivity contribution in [3.05, 3.63) is 29.8 Å². The second-order valence-electron chi connectivity index (χ2n) is 4.38. The van der Waals surface area contributed by atoms with Crippen LogP contribution in [-0.2, 0) is 24.4 Å². The number of benzene rings is 1. The maximum Gasteiger partial charge on any atom is 0.400 e. The normalized spacial score (nSPS) is 14.8. The Balaban J connectivity index is 2.69. The fourth-order valence-corrected chi connectivity index (χ4v) is 2.73. The minimum atomic E-state index is -5.94. The summed E-state index contributed by atoms with van der Waals surface area (Å²) in [5, 5.41) is -5.04. The standard InChI is InChI=1S/C11H13F3O6S2/c1-8-2-4-9(5-3-8)21(15,16)20-7-6-10(12)11(13,14)22(17,18)19/h2-5,10H,6-7H2,1H3,(H,17,18,19). The highest BCUT2D eigenvalue weighted by Crippen LogP contribution is 2.29. The SMILES string of the molecule is Cc1ccc(S(=O)(=O)OCCC(F)C(F)(F)S(=O)(=O)O)cc1. The van der Waals surface area contributed by atoms with Gasteiger partial charge in [-0.05, 0) is 19.1 Å². The van der Waals surface area contributed by atoms with Crippen molar-refractivity contribution in [2.24, 2.45) is 0 Å². The van der Waals surface area contributed by atoms with Gasteiger partial charge in [-0.25, -0.2) is 4.39 Å². The molecule has 0 aliphatic carbocycles. The van der Waals surface area contributed by atoms with Crippen molar-refractivity contribution in [2.45, 2.75) is 29.7 Å². The van der Waals surface area contributed by atoms with E-state index in [1.54, 1.807) is 6.92 Å². The number of aryl methyl sites for hydroxylation is 1. The molecule has 1 unspecified atom stereocenters. The first-order valence-electron chi connectivity index (χ1n) is 5.83. The topological polar surface area (TPSA) is 97.7 Å². The fourth-order valence-electron chi connectivity index (χ4n) is 1.36. The monoisotopic (exact) mass is 362 g/mol. The van der Waals surface area contributed by atoms with Crippen molar-refractivity contribution >= 4 is 20.2 Å². The van der Waals surface area contributed by atoms with E-state index in [-0.39, 0.29) is 4.90 Å². The van der Waals surface area contributed by atoms with Crippen molar-refractivity contribution < 1.29 is 38.7 Å². The van der Waals surface area contributed by atoms with Gasteiger partial charge in [0.25, 0.3) is 10.1 Å². The van der Waals surface area contributed by atoms with E-state index in [4.69, 9.17) is 4.55 Å². The third kappa shape index (κ3) is 4.41. The van der Waals surface area contributed by atoms with Crippen molar-refractivity contribution in [1.29, 1.82) is 0 Å². The molecule has 126 valence electrons. The number of hydrogen-bond acceptors (Lipinski definition) is 5. The second-order valence-corrected chi connectivity index (χ2v) is 7.49. The summed E-state index contributed by atoms with van der Waals surface area (Å²) in [5.41, 5.74) is 0.774. The third-order valence-electron chi connectivity index (χ3n) is 2.63. The molecular formula is C11H13F3O6S2. The van der Waals surface area contributed by atoms with Gasteiger partial charge >= 0.3 is 15.4 Å². The molecule has 11 heteroatoms. The number of alkyl halides is 3. The Morgan fingerprint density at radius 2 is 1.68 bits per heavy atom.